The van der Waals surface area contributed by atoms with E-state index < -0.39 is 10.0 Å². The van der Waals surface area contributed by atoms with E-state index in [0.717, 1.165) is 43.9 Å². The second-order valence-electron chi connectivity index (χ2n) is 6.74. The lowest BCUT2D eigenvalue weighted by molar-refractivity contribution is 0.346. The average Bonchev–Trinajstić information content (AvgIpc) is 3.25. The second kappa shape index (κ2) is 11.9. The number of guanidine groups is 1. The molecule has 9 heteroatoms. The van der Waals surface area contributed by atoms with Crippen LogP contribution in [0.15, 0.2) is 51.7 Å². The number of piperidine rings is 1. The summed E-state index contributed by atoms with van der Waals surface area (Å²) in [6.45, 7) is 5.28. The quantitative estimate of drug-likeness (QED) is 0.314. The molecule has 1 aliphatic rings. The van der Waals surface area contributed by atoms with Gasteiger partial charge in [0.15, 0.2) is 5.96 Å². The van der Waals surface area contributed by atoms with E-state index in [0.29, 0.717) is 24.5 Å². The zero-order chi connectivity index (χ0) is 19.8. The van der Waals surface area contributed by atoms with Crippen LogP contribution in [-0.2, 0) is 23.1 Å². The number of thiophene rings is 1. The maximum atomic E-state index is 12.7. The summed E-state index contributed by atoms with van der Waals surface area (Å²) in [5.74, 6) is 0.751. The molecule has 6 nitrogen and oxygen atoms in total. The zero-order valence-corrected chi connectivity index (χ0v) is 20.6. The fourth-order valence-electron chi connectivity index (χ4n) is 3.12. The minimum Gasteiger partial charge on any atom is -0.357 e. The first kappa shape index (κ1) is 24.1. The van der Waals surface area contributed by atoms with Crippen LogP contribution in [-0.4, -0.2) is 38.3 Å². The van der Waals surface area contributed by atoms with Gasteiger partial charge >= 0.3 is 0 Å². The average molecular weight is 549 g/mol. The van der Waals surface area contributed by atoms with E-state index in [1.165, 1.54) is 4.88 Å². The van der Waals surface area contributed by atoms with Crippen molar-refractivity contribution in [2.75, 3.05) is 19.6 Å². The molecule has 0 atom stereocenters. The Morgan fingerprint density at radius 2 is 1.83 bits per heavy atom. The number of halogens is 1. The van der Waals surface area contributed by atoms with Crippen molar-refractivity contribution in [2.45, 2.75) is 44.2 Å². The Morgan fingerprint density at radius 3 is 2.45 bits per heavy atom. The van der Waals surface area contributed by atoms with Gasteiger partial charge in [0.25, 0.3) is 0 Å². The number of aliphatic imine (C=N–C) groups is 1. The molecule has 3 rings (SSSR count). The molecule has 0 bridgehead atoms. The third-order valence-corrected chi connectivity index (χ3v) is 7.44. The lowest BCUT2D eigenvalue weighted by Crippen LogP contribution is -2.36. The molecule has 1 fully saturated rings. The lowest BCUT2D eigenvalue weighted by atomic mass is 10.2. The van der Waals surface area contributed by atoms with E-state index >= 15 is 0 Å². The molecule has 0 radical (unpaired) electrons. The number of sulfonamides is 1. The van der Waals surface area contributed by atoms with Gasteiger partial charge in [-0.2, -0.15) is 4.31 Å². The smallest absolute Gasteiger partial charge is 0.243 e. The van der Waals surface area contributed by atoms with Gasteiger partial charge in [0.05, 0.1) is 18.0 Å². The molecule has 0 aliphatic carbocycles. The van der Waals surface area contributed by atoms with Gasteiger partial charge in [-0.3, -0.25) is 0 Å². The third-order valence-electron chi connectivity index (χ3n) is 4.65. The molecule has 0 spiro atoms. The van der Waals surface area contributed by atoms with Gasteiger partial charge in [-0.05, 0) is 48.9 Å². The van der Waals surface area contributed by atoms with Crippen LogP contribution in [0.1, 0.15) is 36.6 Å². The molecule has 160 valence electrons. The summed E-state index contributed by atoms with van der Waals surface area (Å²) in [6, 6.07) is 11.2. The number of benzene rings is 1. The van der Waals surface area contributed by atoms with Crippen molar-refractivity contribution in [2.24, 2.45) is 4.99 Å². The van der Waals surface area contributed by atoms with Gasteiger partial charge in [-0.25, -0.2) is 13.4 Å². The van der Waals surface area contributed by atoms with Crippen molar-refractivity contribution in [3.05, 3.63) is 52.2 Å². The Labute approximate surface area is 194 Å². The topological polar surface area (TPSA) is 73.8 Å². The number of hydrogen-bond acceptors (Lipinski definition) is 4. The van der Waals surface area contributed by atoms with Crippen molar-refractivity contribution < 1.29 is 8.42 Å². The number of nitrogens with zero attached hydrogens (tertiary/aromatic N) is 2. The van der Waals surface area contributed by atoms with Crippen LogP contribution in [0.4, 0.5) is 0 Å². The molecule has 0 saturated carbocycles. The molecule has 1 aliphatic heterocycles. The van der Waals surface area contributed by atoms with E-state index in [1.807, 2.05) is 25.1 Å². The predicted octanol–water partition coefficient (Wildman–Crippen LogP) is 3.80. The number of nitrogens with one attached hydrogen (secondary N) is 2. The fourth-order valence-corrected chi connectivity index (χ4v) is 5.28. The first-order valence-electron chi connectivity index (χ1n) is 9.73. The van der Waals surface area contributed by atoms with Crippen LogP contribution < -0.4 is 10.6 Å². The van der Waals surface area contributed by atoms with Crippen molar-refractivity contribution >= 4 is 51.3 Å². The van der Waals surface area contributed by atoms with Gasteiger partial charge in [0.2, 0.25) is 10.0 Å². The largest absolute Gasteiger partial charge is 0.357 e. The van der Waals surface area contributed by atoms with E-state index in [1.54, 1.807) is 27.8 Å². The summed E-state index contributed by atoms with van der Waals surface area (Å²) < 4.78 is 27.1. The third kappa shape index (κ3) is 6.94. The molecule has 0 unspecified atom stereocenters. The van der Waals surface area contributed by atoms with Crippen LogP contribution >= 0.6 is 35.3 Å². The highest BCUT2D eigenvalue weighted by Gasteiger charge is 2.25. The van der Waals surface area contributed by atoms with E-state index in [-0.39, 0.29) is 24.0 Å². The zero-order valence-electron chi connectivity index (χ0n) is 16.6. The number of hydrogen-bond donors (Lipinski definition) is 2. The molecule has 1 aromatic heterocycles. The molecule has 1 aromatic carbocycles. The molecule has 2 N–H and O–H groups in total. The highest BCUT2D eigenvalue weighted by atomic mass is 127. The highest BCUT2D eigenvalue weighted by Crippen LogP contribution is 2.21. The van der Waals surface area contributed by atoms with Crippen LogP contribution in [0.3, 0.4) is 0 Å². The first-order chi connectivity index (χ1) is 13.6. The minimum atomic E-state index is -3.38. The molecule has 29 heavy (non-hydrogen) atoms. The van der Waals surface area contributed by atoms with E-state index in [9.17, 15) is 8.42 Å². The van der Waals surface area contributed by atoms with Crippen molar-refractivity contribution in [3.8, 4) is 0 Å². The lowest BCUT2D eigenvalue weighted by Gasteiger charge is -2.25. The maximum absolute atomic E-state index is 12.7. The van der Waals surface area contributed by atoms with E-state index in [2.05, 4.69) is 27.1 Å². The van der Waals surface area contributed by atoms with E-state index in [4.69, 9.17) is 0 Å². The Balaban J connectivity index is 0.00000300. The molecular formula is C20H29IN4O2S2. The standard InChI is InChI=1S/C20H28N4O2S2.HI/c1-2-21-20(23-16-18-7-6-14-27-18)22-15-17-8-10-19(11-9-17)28(25,26)24-12-4-3-5-13-24;/h6-11,14H,2-5,12-13,15-16H2,1H3,(H2,21,22,23);1H. The summed E-state index contributed by atoms with van der Waals surface area (Å²) in [5.41, 5.74) is 0.978. The van der Waals surface area contributed by atoms with Gasteiger partial charge in [-0.1, -0.05) is 24.6 Å². The summed E-state index contributed by atoms with van der Waals surface area (Å²) in [7, 11) is -3.38. The maximum Gasteiger partial charge on any atom is 0.243 e. The van der Waals surface area contributed by atoms with Gasteiger partial charge in [0, 0.05) is 24.5 Å². The SMILES string of the molecule is CCNC(=NCc1ccc(S(=O)(=O)N2CCCCC2)cc1)NCc1cccs1.I. The molecule has 0 amide bonds. The monoisotopic (exact) mass is 548 g/mol. The first-order valence-corrected chi connectivity index (χ1v) is 12.0. The van der Waals surface area contributed by atoms with Crippen LogP contribution in [0, 0.1) is 0 Å². The van der Waals surface area contributed by atoms with Crippen LogP contribution in [0.5, 0.6) is 0 Å². The van der Waals surface area contributed by atoms with Crippen LogP contribution in [0.2, 0.25) is 0 Å². The Bertz CT molecular complexity index is 862. The molecular weight excluding hydrogens is 519 g/mol. The van der Waals surface area contributed by atoms with Gasteiger partial charge in [-0.15, -0.1) is 35.3 Å². The number of rotatable bonds is 7. The van der Waals surface area contributed by atoms with Crippen LogP contribution in [0.25, 0.3) is 0 Å². The molecule has 2 aromatic rings. The summed E-state index contributed by atoms with van der Waals surface area (Å²) in [4.78, 5) is 6.22. The Kier molecular flexibility index (Phi) is 9.87. The molecule has 1 saturated heterocycles. The summed E-state index contributed by atoms with van der Waals surface area (Å²) in [5, 5.41) is 8.61. The van der Waals surface area contributed by atoms with Gasteiger partial charge in [0.1, 0.15) is 0 Å². The fraction of sp³-hybridized carbons (Fsp3) is 0.450. The minimum absolute atomic E-state index is 0. The van der Waals surface area contributed by atoms with Gasteiger partial charge < -0.3 is 10.6 Å². The Hall–Kier alpha value is -1.17. The van der Waals surface area contributed by atoms with Crippen molar-refractivity contribution in [1.82, 2.24) is 14.9 Å². The predicted molar refractivity (Wildman–Crippen MR) is 130 cm³/mol. The summed E-state index contributed by atoms with van der Waals surface area (Å²) >= 11 is 1.71. The van der Waals surface area contributed by atoms with Crippen molar-refractivity contribution in [1.29, 1.82) is 0 Å². The second-order valence-corrected chi connectivity index (χ2v) is 9.71. The Morgan fingerprint density at radius 1 is 1.10 bits per heavy atom. The highest BCUT2D eigenvalue weighted by molar-refractivity contribution is 14.0. The molecule has 2 heterocycles. The summed E-state index contributed by atoms with van der Waals surface area (Å²) in [6.07, 6.45) is 2.99. The van der Waals surface area contributed by atoms with Crippen molar-refractivity contribution in [3.63, 3.8) is 0 Å². The normalized spacial score (nSPS) is 15.6.